The maximum absolute atomic E-state index is 12.2. The molecular weight excluding hydrogens is 364 g/mol. The van der Waals surface area contributed by atoms with Gasteiger partial charge in [0.25, 0.3) is 5.91 Å². The largest absolute Gasteiger partial charge is 0.457 e. The number of aryl methyl sites for hydroxylation is 1. The van der Waals surface area contributed by atoms with Crippen LogP contribution in [0.5, 0.6) is 0 Å². The Bertz CT molecular complexity index is 984. The fourth-order valence-electron chi connectivity index (χ4n) is 2.50. The maximum atomic E-state index is 12.2. The number of hydrogen-bond acceptors (Lipinski definition) is 4. The molecule has 2 aromatic heterocycles. The van der Waals surface area contributed by atoms with Gasteiger partial charge in [-0.25, -0.2) is 4.98 Å². The molecular formula is C20H17ClN4O2. The summed E-state index contributed by atoms with van der Waals surface area (Å²) in [5.74, 6) is 0.554. The number of furan rings is 1. The molecule has 0 aliphatic heterocycles. The van der Waals surface area contributed by atoms with Crippen LogP contribution >= 0.6 is 11.6 Å². The molecule has 0 aliphatic rings. The van der Waals surface area contributed by atoms with E-state index in [-0.39, 0.29) is 5.57 Å². The van der Waals surface area contributed by atoms with Crippen molar-refractivity contribution in [3.8, 4) is 17.4 Å². The van der Waals surface area contributed by atoms with E-state index in [0.29, 0.717) is 23.1 Å². The molecule has 136 valence electrons. The predicted molar refractivity (Wildman–Crippen MR) is 103 cm³/mol. The minimum atomic E-state index is -0.432. The molecule has 0 radical (unpaired) electrons. The lowest BCUT2D eigenvalue weighted by Crippen LogP contribution is -2.26. The van der Waals surface area contributed by atoms with Crippen LogP contribution in [0.15, 0.2) is 65.1 Å². The Morgan fingerprint density at radius 2 is 2.19 bits per heavy atom. The van der Waals surface area contributed by atoms with Crippen LogP contribution in [0.1, 0.15) is 12.2 Å². The number of amides is 1. The van der Waals surface area contributed by atoms with Crippen molar-refractivity contribution in [3.63, 3.8) is 0 Å². The van der Waals surface area contributed by atoms with E-state index < -0.39 is 5.91 Å². The summed E-state index contributed by atoms with van der Waals surface area (Å²) in [7, 11) is 0. The number of halogens is 1. The molecule has 3 rings (SSSR count). The van der Waals surface area contributed by atoms with Crippen molar-refractivity contribution in [1.82, 2.24) is 14.9 Å². The number of carbonyl (C=O) groups excluding carboxylic acids is 1. The number of carbonyl (C=O) groups is 1. The fourth-order valence-corrected chi connectivity index (χ4v) is 2.73. The zero-order chi connectivity index (χ0) is 19.1. The van der Waals surface area contributed by atoms with Gasteiger partial charge >= 0.3 is 0 Å². The SMILES string of the molecule is N#CC(=Cc1ccc(-c2ccccc2Cl)o1)C(=O)NCCCn1ccnc1. The summed E-state index contributed by atoms with van der Waals surface area (Å²) in [6, 6.07) is 12.7. The van der Waals surface area contributed by atoms with E-state index >= 15 is 0 Å². The molecule has 0 fully saturated rings. The first-order valence-corrected chi connectivity index (χ1v) is 8.75. The normalized spacial score (nSPS) is 11.2. The standard InChI is InChI=1S/C20H17ClN4O2/c21-18-5-2-1-4-17(18)19-7-6-16(27-19)12-15(13-22)20(26)24-8-3-10-25-11-9-23-14-25/h1-2,4-7,9,11-12,14H,3,8,10H2,(H,24,26). The van der Waals surface area contributed by atoms with Crippen LogP contribution in [-0.2, 0) is 11.3 Å². The molecule has 0 saturated carbocycles. The molecule has 0 atom stereocenters. The van der Waals surface area contributed by atoms with Crippen molar-refractivity contribution in [3.05, 3.63) is 71.5 Å². The highest BCUT2D eigenvalue weighted by atomic mass is 35.5. The van der Waals surface area contributed by atoms with E-state index in [4.69, 9.17) is 16.0 Å². The lowest BCUT2D eigenvalue weighted by molar-refractivity contribution is -0.117. The van der Waals surface area contributed by atoms with Gasteiger partial charge in [0.2, 0.25) is 0 Å². The summed E-state index contributed by atoms with van der Waals surface area (Å²) in [6.07, 6.45) is 7.44. The zero-order valence-electron chi connectivity index (χ0n) is 14.4. The van der Waals surface area contributed by atoms with E-state index in [0.717, 1.165) is 18.5 Å². The topological polar surface area (TPSA) is 83.9 Å². The number of nitriles is 1. The third-order valence-corrected chi connectivity index (χ3v) is 4.19. The Hall–Kier alpha value is -3.30. The van der Waals surface area contributed by atoms with Crippen LogP contribution in [0, 0.1) is 11.3 Å². The van der Waals surface area contributed by atoms with Gasteiger partial charge < -0.3 is 14.3 Å². The Morgan fingerprint density at radius 1 is 1.33 bits per heavy atom. The average molecular weight is 381 g/mol. The second-order valence-electron chi connectivity index (χ2n) is 5.76. The lowest BCUT2D eigenvalue weighted by atomic mass is 10.2. The molecule has 0 bridgehead atoms. The molecule has 0 saturated heterocycles. The van der Waals surface area contributed by atoms with Gasteiger partial charge in [-0.15, -0.1) is 0 Å². The lowest BCUT2D eigenvalue weighted by Gasteiger charge is -2.04. The van der Waals surface area contributed by atoms with Crippen molar-refractivity contribution in [1.29, 1.82) is 5.26 Å². The van der Waals surface area contributed by atoms with Crippen molar-refractivity contribution in [2.75, 3.05) is 6.54 Å². The first kappa shape index (κ1) is 18.5. The number of benzene rings is 1. The van der Waals surface area contributed by atoms with E-state index in [1.807, 2.05) is 35.0 Å². The van der Waals surface area contributed by atoms with Gasteiger partial charge in [0.15, 0.2) is 0 Å². The molecule has 2 heterocycles. The van der Waals surface area contributed by atoms with Crippen molar-refractivity contribution in [2.24, 2.45) is 0 Å². The highest BCUT2D eigenvalue weighted by Crippen LogP contribution is 2.29. The molecule has 27 heavy (non-hydrogen) atoms. The monoisotopic (exact) mass is 380 g/mol. The number of nitrogens with one attached hydrogen (secondary N) is 1. The predicted octanol–water partition coefficient (Wildman–Crippen LogP) is 3.91. The number of aromatic nitrogens is 2. The Morgan fingerprint density at radius 3 is 2.93 bits per heavy atom. The van der Waals surface area contributed by atoms with Crippen LogP contribution in [-0.4, -0.2) is 22.0 Å². The summed E-state index contributed by atoms with van der Waals surface area (Å²) in [6.45, 7) is 1.20. The van der Waals surface area contributed by atoms with Gasteiger partial charge in [-0.2, -0.15) is 5.26 Å². The number of nitrogens with zero attached hydrogens (tertiary/aromatic N) is 3. The van der Waals surface area contributed by atoms with E-state index in [1.54, 1.807) is 30.7 Å². The third-order valence-electron chi connectivity index (χ3n) is 3.86. The first-order valence-electron chi connectivity index (χ1n) is 8.38. The molecule has 1 N–H and O–H groups in total. The van der Waals surface area contributed by atoms with Crippen molar-refractivity contribution >= 4 is 23.6 Å². The van der Waals surface area contributed by atoms with E-state index in [9.17, 15) is 10.1 Å². The van der Waals surface area contributed by atoms with Gasteiger partial charge in [0.1, 0.15) is 23.2 Å². The second kappa shape index (κ2) is 8.88. The molecule has 1 amide bonds. The van der Waals surface area contributed by atoms with Crippen LogP contribution in [0.25, 0.3) is 17.4 Å². The van der Waals surface area contributed by atoms with Gasteiger partial charge in [0, 0.05) is 37.1 Å². The summed E-state index contributed by atoms with van der Waals surface area (Å²) in [5, 5.41) is 12.6. The molecule has 3 aromatic rings. The van der Waals surface area contributed by atoms with E-state index in [1.165, 1.54) is 6.08 Å². The minimum absolute atomic E-state index is 0.0160. The highest BCUT2D eigenvalue weighted by molar-refractivity contribution is 6.33. The molecule has 0 aliphatic carbocycles. The van der Waals surface area contributed by atoms with Gasteiger partial charge in [-0.1, -0.05) is 23.7 Å². The van der Waals surface area contributed by atoms with Gasteiger partial charge in [0.05, 0.1) is 11.3 Å². The van der Waals surface area contributed by atoms with Crippen LogP contribution in [0.4, 0.5) is 0 Å². The summed E-state index contributed by atoms with van der Waals surface area (Å²) in [4.78, 5) is 16.1. The molecule has 0 unspecified atom stereocenters. The minimum Gasteiger partial charge on any atom is -0.457 e. The first-order chi connectivity index (χ1) is 13.2. The smallest absolute Gasteiger partial charge is 0.262 e. The summed E-state index contributed by atoms with van der Waals surface area (Å²) >= 11 is 6.16. The Balaban J connectivity index is 1.61. The highest BCUT2D eigenvalue weighted by Gasteiger charge is 2.11. The quantitative estimate of drug-likeness (QED) is 0.382. The number of hydrogen-bond donors (Lipinski definition) is 1. The molecule has 0 spiro atoms. The van der Waals surface area contributed by atoms with Crippen molar-refractivity contribution < 1.29 is 9.21 Å². The molecule has 1 aromatic carbocycles. The molecule has 7 heteroatoms. The fraction of sp³-hybridized carbons (Fsp3) is 0.150. The maximum Gasteiger partial charge on any atom is 0.262 e. The Kier molecular flexibility index (Phi) is 6.08. The van der Waals surface area contributed by atoms with Gasteiger partial charge in [-0.3, -0.25) is 4.79 Å². The van der Waals surface area contributed by atoms with Crippen LogP contribution in [0.2, 0.25) is 5.02 Å². The molecule has 6 nitrogen and oxygen atoms in total. The second-order valence-corrected chi connectivity index (χ2v) is 6.17. The van der Waals surface area contributed by atoms with Crippen LogP contribution < -0.4 is 5.32 Å². The van der Waals surface area contributed by atoms with Crippen LogP contribution in [0.3, 0.4) is 0 Å². The average Bonchev–Trinajstić information content (AvgIpc) is 3.35. The Labute approximate surface area is 161 Å². The van der Waals surface area contributed by atoms with Gasteiger partial charge in [-0.05, 0) is 30.7 Å². The summed E-state index contributed by atoms with van der Waals surface area (Å²) in [5.41, 5.74) is 0.735. The number of rotatable bonds is 7. The third kappa shape index (κ3) is 4.87. The van der Waals surface area contributed by atoms with Crippen molar-refractivity contribution in [2.45, 2.75) is 13.0 Å². The number of imidazole rings is 1. The van der Waals surface area contributed by atoms with E-state index in [2.05, 4.69) is 10.3 Å². The summed E-state index contributed by atoms with van der Waals surface area (Å²) < 4.78 is 7.63. The zero-order valence-corrected chi connectivity index (χ0v) is 15.2.